The number of carbonyl (C=O) groups is 1. The summed E-state index contributed by atoms with van der Waals surface area (Å²) in [5, 5.41) is 10.8. The van der Waals surface area contributed by atoms with E-state index in [0.717, 1.165) is 6.42 Å². The molecule has 1 aromatic rings. The summed E-state index contributed by atoms with van der Waals surface area (Å²) in [6, 6.07) is 2.08. The zero-order chi connectivity index (χ0) is 9.42. The number of hydrogen-bond acceptors (Lipinski definition) is 2. The summed E-state index contributed by atoms with van der Waals surface area (Å²) in [4.78, 5) is 12.0. The zero-order valence-corrected chi connectivity index (χ0v) is 8.30. The number of fused-ring (bicyclic) bond motifs is 1. The average Bonchev–Trinajstić information content (AvgIpc) is 2.55. The molecule has 3 heteroatoms. The lowest BCUT2D eigenvalue weighted by Crippen LogP contribution is -2.09. The zero-order valence-electron chi connectivity index (χ0n) is 7.49. The van der Waals surface area contributed by atoms with Gasteiger partial charge in [0.05, 0.1) is 6.42 Å². The third-order valence-corrected chi connectivity index (χ3v) is 3.73. The molecule has 13 heavy (non-hydrogen) atoms. The number of rotatable bonds is 2. The molecule has 0 bridgehead atoms. The molecule has 0 spiro atoms. The molecule has 2 atom stereocenters. The molecule has 70 valence electrons. The summed E-state index contributed by atoms with van der Waals surface area (Å²) in [6.07, 6.45) is 1.34. The van der Waals surface area contributed by atoms with Crippen molar-refractivity contribution in [3.63, 3.8) is 0 Å². The van der Waals surface area contributed by atoms with Crippen molar-refractivity contribution in [3.05, 3.63) is 21.9 Å². The van der Waals surface area contributed by atoms with Gasteiger partial charge in [-0.05, 0) is 35.3 Å². The highest BCUT2D eigenvalue weighted by molar-refractivity contribution is 7.10. The monoisotopic (exact) mass is 196 g/mol. The van der Waals surface area contributed by atoms with Crippen LogP contribution in [0.5, 0.6) is 0 Å². The van der Waals surface area contributed by atoms with E-state index >= 15 is 0 Å². The minimum absolute atomic E-state index is 0.249. The lowest BCUT2D eigenvalue weighted by atomic mass is 9.91. The summed E-state index contributed by atoms with van der Waals surface area (Å²) in [7, 11) is 0. The molecule has 1 aliphatic rings. The Bertz CT molecular complexity index is 329. The maximum atomic E-state index is 10.6. The van der Waals surface area contributed by atoms with Gasteiger partial charge in [0.15, 0.2) is 0 Å². The highest BCUT2D eigenvalue weighted by Crippen LogP contribution is 2.42. The van der Waals surface area contributed by atoms with Crippen LogP contribution in [0.4, 0.5) is 0 Å². The minimum atomic E-state index is -0.684. The molecule has 0 saturated heterocycles. The van der Waals surface area contributed by atoms with Crippen molar-refractivity contribution in [3.8, 4) is 0 Å². The molecule has 0 fully saturated rings. The van der Waals surface area contributed by atoms with Gasteiger partial charge < -0.3 is 5.11 Å². The normalized spacial score (nSPS) is 25.9. The van der Waals surface area contributed by atoms with Crippen molar-refractivity contribution in [2.45, 2.75) is 25.7 Å². The van der Waals surface area contributed by atoms with Gasteiger partial charge in [-0.15, -0.1) is 11.3 Å². The Kier molecular flexibility index (Phi) is 2.12. The molecule has 0 aromatic carbocycles. The lowest BCUT2D eigenvalue weighted by Gasteiger charge is -2.12. The summed E-state index contributed by atoms with van der Waals surface area (Å²) in [5.41, 5.74) is 1.28. The second-order valence-corrected chi connectivity index (χ2v) is 4.69. The van der Waals surface area contributed by atoms with Crippen molar-refractivity contribution in [2.24, 2.45) is 5.92 Å². The fourth-order valence-corrected chi connectivity index (χ4v) is 3.18. The van der Waals surface area contributed by atoms with Gasteiger partial charge in [0, 0.05) is 4.88 Å². The van der Waals surface area contributed by atoms with Gasteiger partial charge in [0.2, 0.25) is 0 Å². The fraction of sp³-hybridized carbons (Fsp3) is 0.500. The van der Waals surface area contributed by atoms with Crippen LogP contribution in [-0.2, 0) is 11.2 Å². The number of hydrogen-bond donors (Lipinski definition) is 1. The molecule has 2 unspecified atom stereocenters. The third-order valence-electron chi connectivity index (χ3n) is 2.77. The van der Waals surface area contributed by atoms with E-state index in [0.29, 0.717) is 5.92 Å². The smallest absolute Gasteiger partial charge is 0.303 e. The average molecular weight is 196 g/mol. The topological polar surface area (TPSA) is 37.3 Å². The first kappa shape index (κ1) is 8.75. The van der Waals surface area contributed by atoms with E-state index in [9.17, 15) is 4.79 Å². The van der Waals surface area contributed by atoms with Gasteiger partial charge in [-0.25, -0.2) is 0 Å². The minimum Gasteiger partial charge on any atom is -0.481 e. The Labute approximate surface area is 81.2 Å². The molecular weight excluding hydrogens is 184 g/mol. The first-order chi connectivity index (χ1) is 6.18. The fourth-order valence-electron chi connectivity index (χ4n) is 2.09. The van der Waals surface area contributed by atoms with Crippen LogP contribution >= 0.6 is 11.3 Å². The Balaban J connectivity index is 2.24. The number of carboxylic acids is 1. The summed E-state index contributed by atoms with van der Waals surface area (Å²) >= 11 is 1.75. The van der Waals surface area contributed by atoms with E-state index in [1.165, 1.54) is 10.4 Å². The summed E-state index contributed by atoms with van der Waals surface area (Å²) in [5.74, 6) is 0.0631. The van der Waals surface area contributed by atoms with Gasteiger partial charge in [-0.3, -0.25) is 4.79 Å². The van der Waals surface area contributed by atoms with Crippen LogP contribution in [0.15, 0.2) is 11.4 Å². The van der Waals surface area contributed by atoms with E-state index in [4.69, 9.17) is 5.11 Å². The third kappa shape index (κ3) is 1.48. The molecule has 2 nitrogen and oxygen atoms in total. The summed E-state index contributed by atoms with van der Waals surface area (Å²) in [6.45, 7) is 2.14. The second-order valence-electron chi connectivity index (χ2n) is 3.68. The van der Waals surface area contributed by atoms with E-state index < -0.39 is 5.97 Å². The van der Waals surface area contributed by atoms with Crippen molar-refractivity contribution < 1.29 is 9.90 Å². The van der Waals surface area contributed by atoms with Gasteiger partial charge in [-0.2, -0.15) is 0 Å². The second kappa shape index (κ2) is 3.14. The Morgan fingerprint density at radius 2 is 2.54 bits per heavy atom. The predicted molar refractivity (Wildman–Crippen MR) is 52.2 cm³/mol. The first-order valence-corrected chi connectivity index (χ1v) is 5.34. The predicted octanol–water partition coefficient (Wildman–Crippen LogP) is 2.50. The Morgan fingerprint density at radius 1 is 1.77 bits per heavy atom. The van der Waals surface area contributed by atoms with E-state index in [1.54, 1.807) is 11.3 Å². The van der Waals surface area contributed by atoms with Gasteiger partial charge in [0.1, 0.15) is 0 Å². The van der Waals surface area contributed by atoms with Crippen molar-refractivity contribution in [1.29, 1.82) is 0 Å². The highest BCUT2D eigenvalue weighted by Gasteiger charge is 2.31. The van der Waals surface area contributed by atoms with Crippen molar-refractivity contribution in [1.82, 2.24) is 0 Å². The van der Waals surface area contributed by atoms with Crippen LogP contribution in [-0.4, -0.2) is 11.1 Å². The summed E-state index contributed by atoms with van der Waals surface area (Å²) < 4.78 is 0. The molecule has 1 heterocycles. The van der Waals surface area contributed by atoms with Gasteiger partial charge in [-0.1, -0.05) is 6.92 Å². The van der Waals surface area contributed by atoms with E-state index in [2.05, 4.69) is 18.4 Å². The van der Waals surface area contributed by atoms with Crippen LogP contribution in [0, 0.1) is 5.92 Å². The molecule has 0 radical (unpaired) electrons. The standard InChI is InChI=1S/C10H12O2S/c1-6-4-9-7(2-3-13-9)8(6)5-10(11)12/h2-3,6,8H,4-5H2,1H3,(H,11,12). The quantitative estimate of drug-likeness (QED) is 0.789. The maximum Gasteiger partial charge on any atom is 0.303 e. The highest BCUT2D eigenvalue weighted by atomic mass is 32.1. The largest absolute Gasteiger partial charge is 0.481 e. The molecular formula is C10H12O2S. The number of thiophene rings is 1. The molecule has 0 saturated carbocycles. The van der Waals surface area contributed by atoms with Crippen LogP contribution in [0.3, 0.4) is 0 Å². The Hall–Kier alpha value is -0.830. The van der Waals surface area contributed by atoms with Crippen molar-refractivity contribution in [2.75, 3.05) is 0 Å². The Morgan fingerprint density at radius 3 is 3.23 bits per heavy atom. The maximum absolute atomic E-state index is 10.6. The molecule has 0 amide bonds. The van der Waals surface area contributed by atoms with E-state index in [1.807, 2.05) is 0 Å². The van der Waals surface area contributed by atoms with Crippen molar-refractivity contribution >= 4 is 17.3 Å². The first-order valence-electron chi connectivity index (χ1n) is 4.46. The lowest BCUT2D eigenvalue weighted by molar-refractivity contribution is -0.137. The van der Waals surface area contributed by atoms with Gasteiger partial charge >= 0.3 is 5.97 Å². The van der Waals surface area contributed by atoms with Crippen LogP contribution < -0.4 is 0 Å². The molecule has 1 N–H and O–H groups in total. The molecule has 2 rings (SSSR count). The van der Waals surface area contributed by atoms with Crippen LogP contribution in [0.2, 0.25) is 0 Å². The number of aliphatic carboxylic acids is 1. The molecule has 0 aliphatic heterocycles. The molecule has 1 aliphatic carbocycles. The SMILES string of the molecule is CC1Cc2sccc2C1CC(=O)O. The van der Waals surface area contributed by atoms with E-state index in [-0.39, 0.29) is 12.3 Å². The van der Waals surface area contributed by atoms with Crippen LogP contribution in [0.25, 0.3) is 0 Å². The molecule has 1 aromatic heterocycles. The van der Waals surface area contributed by atoms with Crippen LogP contribution in [0.1, 0.15) is 29.7 Å². The number of carboxylic acid groups (broad SMARTS) is 1. The van der Waals surface area contributed by atoms with Gasteiger partial charge in [0.25, 0.3) is 0 Å².